The van der Waals surface area contributed by atoms with Gasteiger partial charge in [0.1, 0.15) is 0 Å². The van der Waals surface area contributed by atoms with Crippen LogP contribution in [0.2, 0.25) is 0 Å². The number of amides is 1. The molecule has 7 nitrogen and oxygen atoms in total. The van der Waals surface area contributed by atoms with E-state index in [0.717, 1.165) is 5.56 Å². The number of nitrogens with zero attached hydrogens (tertiary/aromatic N) is 2. The molecule has 3 aromatic rings. The number of aliphatic carboxylic acids is 1. The molecule has 0 radical (unpaired) electrons. The van der Waals surface area contributed by atoms with Gasteiger partial charge in [-0.15, -0.1) is 0 Å². The maximum Gasteiger partial charge on any atom is 0.269 e. The van der Waals surface area contributed by atoms with E-state index in [2.05, 4.69) is 0 Å². The zero-order valence-electron chi connectivity index (χ0n) is 15.8. The van der Waals surface area contributed by atoms with Gasteiger partial charge >= 0.3 is 0 Å². The van der Waals surface area contributed by atoms with Gasteiger partial charge in [-0.25, -0.2) is 0 Å². The van der Waals surface area contributed by atoms with Crippen LogP contribution in [0.1, 0.15) is 39.0 Å². The Morgan fingerprint density at radius 3 is 2.37 bits per heavy atom. The molecule has 1 aliphatic rings. The van der Waals surface area contributed by atoms with Crippen molar-refractivity contribution in [3.8, 4) is 0 Å². The molecule has 0 spiro atoms. The summed E-state index contributed by atoms with van der Waals surface area (Å²) in [4.78, 5) is 37.8. The fraction of sp³-hybridized carbons (Fsp3) is 0.130. The summed E-state index contributed by atoms with van der Waals surface area (Å²) >= 11 is 0. The number of carbonyl (C=O) groups is 2. The summed E-state index contributed by atoms with van der Waals surface area (Å²) in [6.45, 7) is 0.158. The molecule has 0 aliphatic carbocycles. The summed E-state index contributed by atoms with van der Waals surface area (Å²) in [7, 11) is 0. The van der Waals surface area contributed by atoms with Crippen LogP contribution in [0.25, 0.3) is 0 Å². The summed E-state index contributed by atoms with van der Waals surface area (Å²) in [6.07, 6.45) is 0. The normalized spacial score (nSPS) is 18.0. The lowest BCUT2D eigenvalue weighted by atomic mass is 9.79. The summed E-state index contributed by atoms with van der Waals surface area (Å²) in [5.41, 5.74) is 1.66. The van der Waals surface area contributed by atoms with Crippen molar-refractivity contribution in [2.24, 2.45) is 0 Å². The van der Waals surface area contributed by atoms with Crippen molar-refractivity contribution < 1.29 is 19.6 Å². The van der Waals surface area contributed by atoms with Crippen LogP contribution >= 0.6 is 0 Å². The monoisotopic (exact) mass is 401 g/mol. The molecule has 4 rings (SSSR count). The first-order valence-electron chi connectivity index (χ1n) is 9.36. The van der Waals surface area contributed by atoms with Crippen molar-refractivity contribution in [3.05, 3.63) is 111 Å². The number of nitro benzene ring substituents is 1. The first kappa shape index (κ1) is 19.3. The standard InChI is InChI=1S/C23H18N2O5/c26-22-19-12-5-4-11-18(19)20(23(27)28)21(16-9-6-10-17(13-16)25(29)30)24(22)14-15-7-2-1-3-8-15/h1-13,20-21H,14H2,(H,27,28)/p-1. The number of nitro groups is 1. The summed E-state index contributed by atoms with van der Waals surface area (Å²) < 4.78 is 0. The molecule has 0 N–H and O–H groups in total. The van der Waals surface area contributed by atoms with Crippen molar-refractivity contribution in [1.82, 2.24) is 4.90 Å². The molecule has 0 bridgehead atoms. The highest BCUT2D eigenvalue weighted by atomic mass is 16.6. The van der Waals surface area contributed by atoms with Gasteiger partial charge in [0.25, 0.3) is 11.6 Å². The number of carboxylic acid groups (broad SMARTS) is 1. The average Bonchev–Trinajstić information content (AvgIpc) is 2.76. The van der Waals surface area contributed by atoms with Gasteiger partial charge in [-0.1, -0.05) is 60.7 Å². The fourth-order valence-corrected chi connectivity index (χ4v) is 3.99. The van der Waals surface area contributed by atoms with Gasteiger partial charge in [-0.3, -0.25) is 14.9 Å². The molecule has 1 aliphatic heterocycles. The van der Waals surface area contributed by atoms with Crippen LogP contribution in [0.5, 0.6) is 0 Å². The third kappa shape index (κ3) is 3.41. The van der Waals surface area contributed by atoms with E-state index in [1.54, 1.807) is 30.3 Å². The zero-order valence-corrected chi connectivity index (χ0v) is 15.8. The predicted molar refractivity (Wildman–Crippen MR) is 106 cm³/mol. The van der Waals surface area contributed by atoms with E-state index < -0.39 is 22.9 Å². The van der Waals surface area contributed by atoms with Gasteiger partial charge in [0.05, 0.1) is 16.9 Å². The van der Waals surface area contributed by atoms with Crippen molar-refractivity contribution in [2.45, 2.75) is 18.5 Å². The number of hydrogen-bond acceptors (Lipinski definition) is 5. The van der Waals surface area contributed by atoms with Gasteiger partial charge in [0, 0.05) is 30.2 Å². The lowest BCUT2D eigenvalue weighted by Crippen LogP contribution is -2.47. The average molecular weight is 401 g/mol. The Kier molecular flexibility index (Phi) is 5.02. The van der Waals surface area contributed by atoms with Crippen LogP contribution in [0.4, 0.5) is 5.69 Å². The highest BCUT2D eigenvalue weighted by Crippen LogP contribution is 2.43. The lowest BCUT2D eigenvalue weighted by Gasteiger charge is -2.43. The Morgan fingerprint density at radius 1 is 0.967 bits per heavy atom. The van der Waals surface area contributed by atoms with E-state index in [0.29, 0.717) is 16.7 Å². The molecule has 1 amide bonds. The second kappa shape index (κ2) is 7.79. The Bertz CT molecular complexity index is 1130. The van der Waals surface area contributed by atoms with E-state index in [1.165, 1.54) is 23.1 Å². The molecule has 1 heterocycles. The summed E-state index contributed by atoms with van der Waals surface area (Å²) in [5.74, 6) is -2.84. The van der Waals surface area contributed by atoms with Crippen LogP contribution in [0.3, 0.4) is 0 Å². The predicted octanol–water partition coefficient (Wildman–Crippen LogP) is 2.83. The van der Waals surface area contributed by atoms with Crippen molar-refractivity contribution in [1.29, 1.82) is 0 Å². The summed E-state index contributed by atoms with van der Waals surface area (Å²) in [6, 6.07) is 20.5. The SMILES string of the molecule is O=C([O-])C1c2ccccc2C(=O)N(Cc2ccccc2)C1c1cccc([N+](=O)[O-])c1. The van der Waals surface area contributed by atoms with Crippen molar-refractivity contribution in [3.63, 3.8) is 0 Å². The van der Waals surface area contributed by atoms with E-state index in [9.17, 15) is 24.8 Å². The number of benzene rings is 3. The zero-order chi connectivity index (χ0) is 21.3. The molecule has 7 heteroatoms. The number of rotatable bonds is 5. The Morgan fingerprint density at radius 2 is 1.67 bits per heavy atom. The largest absolute Gasteiger partial charge is 0.549 e. The number of hydrogen-bond donors (Lipinski definition) is 0. The minimum atomic E-state index is -1.34. The Hall–Kier alpha value is -4.00. The Balaban J connectivity index is 1.91. The number of carboxylic acids is 1. The van der Waals surface area contributed by atoms with Crippen LogP contribution in [-0.2, 0) is 11.3 Å². The molecule has 150 valence electrons. The molecule has 30 heavy (non-hydrogen) atoms. The molecule has 0 aromatic heterocycles. The molecule has 0 saturated carbocycles. The number of fused-ring (bicyclic) bond motifs is 1. The van der Waals surface area contributed by atoms with Crippen LogP contribution in [-0.4, -0.2) is 21.7 Å². The topological polar surface area (TPSA) is 104 Å². The van der Waals surface area contributed by atoms with E-state index in [1.807, 2.05) is 30.3 Å². The second-order valence-corrected chi connectivity index (χ2v) is 7.10. The van der Waals surface area contributed by atoms with Crippen LogP contribution in [0.15, 0.2) is 78.9 Å². The van der Waals surface area contributed by atoms with Crippen molar-refractivity contribution >= 4 is 17.6 Å². The maximum atomic E-state index is 13.4. The number of non-ortho nitro benzene ring substituents is 1. The van der Waals surface area contributed by atoms with Crippen molar-refractivity contribution in [2.75, 3.05) is 0 Å². The van der Waals surface area contributed by atoms with E-state index >= 15 is 0 Å². The summed E-state index contributed by atoms with van der Waals surface area (Å²) in [5, 5.41) is 23.5. The van der Waals surface area contributed by atoms with Gasteiger partial charge in [0.2, 0.25) is 0 Å². The maximum absolute atomic E-state index is 13.4. The molecular weight excluding hydrogens is 384 g/mol. The minimum absolute atomic E-state index is 0.158. The minimum Gasteiger partial charge on any atom is -0.549 e. The second-order valence-electron chi connectivity index (χ2n) is 7.10. The van der Waals surface area contributed by atoms with Crippen LogP contribution < -0.4 is 5.11 Å². The molecule has 2 atom stereocenters. The lowest BCUT2D eigenvalue weighted by molar-refractivity contribution is -0.385. The highest BCUT2D eigenvalue weighted by molar-refractivity contribution is 6.00. The molecule has 0 saturated heterocycles. The van der Waals surface area contributed by atoms with Gasteiger partial charge in [-0.2, -0.15) is 0 Å². The van der Waals surface area contributed by atoms with E-state index in [4.69, 9.17) is 0 Å². The molecule has 3 aromatic carbocycles. The van der Waals surface area contributed by atoms with Gasteiger partial charge in [-0.05, 0) is 22.8 Å². The first-order chi connectivity index (χ1) is 14.5. The van der Waals surface area contributed by atoms with E-state index in [-0.39, 0.29) is 18.1 Å². The van der Waals surface area contributed by atoms with Gasteiger partial charge in [0.15, 0.2) is 0 Å². The molecule has 0 fully saturated rings. The number of carbonyl (C=O) groups excluding carboxylic acids is 2. The fourth-order valence-electron chi connectivity index (χ4n) is 3.99. The van der Waals surface area contributed by atoms with Crippen LogP contribution in [0, 0.1) is 10.1 Å². The smallest absolute Gasteiger partial charge is 0.269 e. The third-order valence-electron chi connectivity index (χ3n) is 5.31. The molecule has 2 unspecified atom stereocenters. The van der Waals surface area contributed by atoms with Gasteiger partial charge < -0.3 is 14.8 Å². The quantitative estimate of drug-likeness (QED) is 0.483. The Labute approximate surface area is 172 Å². The molecular formula is C23H17N2O5-. The first-order valence-corrected chi connectivity index (χ1v) is 9.36. The highest BCUT2D eigenvalue weighted by Gasteiger charge is 2.41. The third-order valence-corrected chi connectivity index (χ3v) is 5.31.